The Morgan fingerprint density at radius 1 is 1.17 bits per heavy atom. The van der Waals surface area contributed by atoms with Crippen LogP contribution < -0.4 is 15.2 Å². The first-order valence-corrected chi connectivity index (χ1v) is 7.05. The Labute approximate surface area is 119 Å². The monoisotopic (exact) mass is 327 g/mol. The number of ether oxygens (including phenoxy) is 2. The summed E-state index contributed by atoms with van der Waals surface area (Å²) >= 11 is 5.11. The molecule has 2 rings (SSSR count). The molecule has 2 aromatic rings. The van der Waals surface area contributed by atoms with Crippen molar-refractivity contribution in [2.24, 2.45) is 5.73 Å². The van der Waals surface area contributed by atoms with Crippen LogP contribution in [-0.2, 0) is 0 Å². The molecule has 0 radical (unpaired) electrons. The van der Waals surface area contributed by atoms with Crippen LogP contribution in [-0.4, -0.2) is 14.2 Å². The zero-order valence-electron chi connectivity index (χ0n) is 10.1. The van der Waals surface area contributed by atoms with Crippen molar-refractivity contribution >= 4 is 27.3 Å². The molecule has 0 aliphatic heterocycles. The van der Waals surface area contributed by atoms with Crippen LogP contribution in [0.3, 0.4) is 0 Å². The van der Waals surface area contributed by atoms with E-state index in [0.717, 1.165) is 26.4 Å². The average molecular weight is 328 g/mol. The van der Waals surface area contributed by atoms with Gasteiger partial charge in [-0.2, -0.15) is 0 Å². The van der Waals surface area contributed by atoms with Crippen molar-refractivity contribution in [1.82, 2.24) is 0 Å². The van der Waals surface area contributed by atoms with E-state index in [2.05, 4.69) is 15.9 Å². The Morgan fingerprint density at radius 2 is 1.78 bits per heavy atom. The van der Waals surface area contributed by atoms with Crippen LogP contribution in [0.4, 0.5) is 0 Å². The van der Waals surface area contributed by atoms with E-state index in [0.29, 0.717) is 0 Å². The third-order valence-electron chi connectivity index (χ3n) is 2.70. The molecule has 0 aliphatic carbocycles. The minimum atomic E-state index is -0.273. The summed E-state index contributed by atoms with van der Waals surface area (Å²) in [6.45, 7) is 0. The van der Waals surface area contributed by atoms with Crippen molar-refractivity contribution in [2.75, 3.05) is 14.2 Å². The maximum atomic E-state index is 6.33. The molecule has 1 heterocycles. The van der Waals surface area contributed by atoms with Crippen LogP contribution >= 0.6 is 27.3 Å². The van der Waals surface area contributed by atoms with Gasteiger partial charge in [0.15, 0.2) is 0 Å². The smallest absolute Gasteiger partial charge is 0.127 e. The number of methoxy groups -OCH3 is 2. The molecule has 1 aromatic carbocycles. The van der Waals surface area contributed by atoms with Gasteiger partial charge in [-0.1, -0.05) is 6.07 Å². The Kier molecular flexibility index (Phi) is 4.27. The summed E-state index contributed by atoms with van der Waals surface area (Å²) in [5, 5.41) is 2.00. The standard InChI is InChI=1S/C13H14BrNO2S/c1-16-9-4-3-5-10(17-2)11(9)12(15)13-8(14)6-7-18-13/h3-7,12H,15H2,1-2H3. The summed E-state index contributed by atoms with van der Waals surface area (Å²) in [4.78, 5) is 1.05. The number of hydrogen-bond acceptors (Lipinski definition) is 4. The van der Waals surface area contributed by atoms with Gasteiger partial charge in [-0.05, 0) is 39.5 Å². The van der Waals surface area contributed by atoms with Gasteiger partial charge in [0.2, 0.25) is 0 Å². The first kappa shape index (κ1) is 13.4. The van der Waals surface area contributed by atoms with Crippen LogP contribution in [0.2, 0.25) is 0 Å². The third kappa shape index (κ3) is 2.39. The second kappa shape index (κ2) is 5.73. The molecule has 18 heavy (non-hydrogen) atoms. The number of benzene rings is 1. The highest BCUT2D eigenvalue weighted by molar-refractivity contribution is 9.10. The molecule has 0 saturated heterocycles. The molecular formula is C13H14BrNO2S. The van der Waals surface area contributed by atoms with Crippen molar-refractivity contribution in [3.8, 4) is 11.5 Å². The first-order valence-electron chi connectivity index (χ1n) is 5.38. The predicted molar refractivity (Wildman–Crippen MR) is 77.6 cm³/mol. The number of nitrogens with two attached hydrogens (primary N) is 1. The van der Waals surface area contributed by atoms with E-state index in [1.165, 1.54) is 0 Å². The van der Waals surface area contributed by atoms with Gasteiger partial charge in [0.1, 0.15) is 11.5 Å². The molecule has 5 heteroatoms. The molecule has 3 nitrogen and oxygen atoms in total. The molecule has 2 N–H and O–H groups in total. The zero-order chi connectivity index (χ0) is 13.1. The largest absolute Gasteiger partial charge is 0.496 e. The number of halogens is 1. The molecule has 1 unspecified atom stereocenters. The topological polar surface area (TPSA) is 44.5 Å². The van der Waals surface area contributed by atoms with Crippen LogP contribution in [0.1, 0.15) is 16.5 Å². The molecule has 1 aromatic heterocycles. The molecule has 0 bridgehead atoms. The molecule has 0 saturated carbocycles. The second-order valence-corrected chi connectivity index (χ2v) is 5.49. The van der Waals surface area contributed by atoms with Crippen molar-refractivity contribution < 1.29 is 9.47 Å². The average Bonchev–Trinajstić information content (AvgIpc) is 2.83. The first-order chi connectivity index (χ1) is 8.69. The lowest BCUT2D eigenvalue weighted by atomic mass is 10.0. The Balaban J connectivity index is 2.52. The lowest BCUT2D eigenvalue weighted by Crippen LogP contribution is -2.13. The second-order valence-electron chi connectivity index (χ2n) is 3.69. The summed E-state index contributed by atoms with van der Waals surface area (Å²) in [7, 11) is 3.27. The molecule has 1 atom stereocenters. The van der Waals surface area contributed by atoms with Gasteiger partial charge < -0.3 is 15.2 Å². The Hall–Kier alpha value is -1.04. The van der Waals surface area contributed by atoms with Gasteiger partial charge in [0.25, 0.3) is 0 Å². The predicted octanol–water partition coefficient (Wildman–Crippen LogP) is 3.58. The normalized spacial score (nSPS) is 12.2. The van der Waals surface area contributed by atoms with Crippen LogP contribution in [0.25, 0.3) is 0 Å². The summed E-state index contributed by atoms with van der Waals surface area (Å²) in [5.74, 6) is 1.48. The fourth-order valence-corrected chi connectivity index (χ4v) is 3.47. The Morgan fingerprint density at radius 3 is 2.22 bits per heavy atom. The molecule has 0 aliphatic rings. The van der Waals surface area contributed by atoms with Gasteiger partial charge in [-0.3, -0.25) is 0 Å². The summed E-state index contributed by atoms with van der Waals surface area (Å²) < 4.78 is 11.8. The molecule has 96 valence electrons. The minimum absolute atomic E-state index is 0.273. The van der Waals surface area contributed by atoms with E-state index in [1.807, 2.05) is 29.6 Å². The zero-order valence-corrected chi connectivity index (χ0v) is 12.5. The molecule has 0 amide bonds. The maximum Gasteiger partial charge on any atom is 0.127 e. The van der Waals surface area contributed by atoms with Gasteiger partial charge in [-0.25, -0.2) is 0 Å². The Bertz CT molecular complexity index is 519. The van der Waals surface area contributed by atoms with Crippen molar-refractivity contribution in [2.45, 2.75) is 6.04 Å². The highest BCUT2D eigenvalue weighted by Gasteiger charge is 2.21. The maximum absolute atomic E-state index is 6.33. The fourth-order valence-electron chi connectivity index (χ4n) is 1.84. The number of thiophene rings is 1. The third-order valence-corrected chi connectivity index (χ3v) is 4.66. The van der Waals surface area contributed by atoms with E-state index < -0.39 is 0 Å². The number of rotatable bonds is 4. The highest BCUT2D eigenvalue weighted by Crippen LogP contribution is 2.39. The summed E-state index contributed by atoms with van der Waals surface area (Å²) in [6, 6.07) is 7.38. The van der Waals surface area contributed by atoms with Gasteiger partial charge in [0.05, 0.1) is 25.8 Å². The molecule has 0 spiro atoms. The van der Waals surface area contributed by atoms with Gasteiger partial charge in [0, 0.05) is 9.35 Å². The van der Waals surface area contributed by atoms with Crippen LogP contribution in [0.5, 0.6) is 11.5 Å². The van der Waals surface area contributed by atoms with Gasteiger partial charge >= 0.3 is 0 Å². The fraction of sp³-hybridized carbons (Fsp3) is 0.231. The summed E-state index contributed by atoms with van der Waals surface area (Å²) in [5.41, 5.74) is 7.20. The van der Waals surface area contributed by atoms with Crippen LogP contribution in [0.15, 0.2) is 34.1 Å². The quantitative estimate of drug-likeness (QED) is 0.933. The van der Waals surface area contributed by atoms with E-state index in [9.17, 15) is 0 Å². The van der Waals surface area contributed by atoms with E-state index in [4.69, 9.17) is 15.2 Å². The van der Waals surface area contributed by atoms with E-state index in [-0.39, 0.29) is 6.04 Å². The molecule has 0 fully saturated rings. The van der Waals surface area contributed by atoms with E-state index >= 15 is 0 Å². The SMILES string of the molecule is COc1cccc(OC)c1C(N)c1sccc1Br. The van der Waals surface area contributed by atoms with Crippen molar-refractivity contribution in [1.29, 1.82) is 0 Å². The van der Waals surface area contributed by atoms with E-state index in [1.54, 1.807) is 25.6 Å². The van der Waals surface area contributed by atoms with Crippen LogP contribution in [0, 0.1) is 0 Å². The van der Waals surface area contributed by atoms with Gasteiger partial charge in [-0.15, -0.1) is 11.3 Å². The van der Waals surface area contributed by atoms with Crippen molar-refractivity contribution in [3.05, 3.63) is 44.6 Å². The number of hydrogen-bond donors (Lipinski definition) is 1. The lowest BCUT2D eigenvalue weighted by molar-refractivity contribution is 0.382. The lowest BCUT2D eigenvalue weighted by Gasteiger charge is -2.18. The summed E-state index contributed by atoms with van der Waals surface area (Å²) in [6.07, 6.45) is 0. The minimum Gasteiger partial charge on any atom is -0.496 e. The highest BCUT2D eigenvalue weighted by atomic mass is 79.9. The molecular weight excluding hydrogens is 314 g/mol. The van der Waals surface area contributed by atoms with Crippen molar-refractivity contribution in [3.63, 3.8) is 0 Å².